The van der Waals surface area contributed by atoms with Crippen molar-refractivity contribution in [3.05, 3.63) is 413 Å². The molecule has 0 fully saturated rings. The van der Waals surface area contributed by atoms with Crippen molar-refractivity contribution in [3.63, 3.8) is 0 Å². The van der Waals surface area contributed by atoms with E-state index in [-0.39, 0.29) is 0 Å². The second kappa shape index (κ2) is 30.7. The fourth-order valence-electron chi connectivity index (χ4n) is 18.4. The van der Waals surface area contributed by atoms with E-state index in [1.807, 2.05) is 68.0 Å². The second-order valence-electron chi connectivity index (χ2n) is 32.2. The molecule has 26 rings (SSSR count). The van der Waals surface area contributed by atoms with Crippen LogP contribution in [0.4, 0.5) is 0 Å². The van der Waals surface area contributed by atoms with Gasteiger partial charge in [-0.2, -0.15) is 0 Å². The number of aromatic nitrogens is 4. The Hall–Kier alpha value is -14.6. The topological polar surface area (TPSA) is 51.6 Å². The van der Waals surface area contributed by atoms with Gasteiger partial charge in [0.2, 0.25) is 0 Å². The molecule has 0 aliphatic heterocycles. The molecule has 0 spiro atoms. The first-order valence-electron chi connectivity index (χ1n) is 42.2. The standard InChI is InChI=1S/2C58H34N2S3/c1-2-13-36(14-3-1)50-34-51(37-29-27-35(28-30-37)41-18-10-21-47-44-15-4-7-24-52(44)61-55(41)47)60-58(59-50)40-32-38(42-19-11-22-48-45-16-5-8-25-53(45)62-56(42)48)31-39(33-40)43-20-12-23-49-46-17-6-9-26-54(46)63-57(43)49;1-2-10-36(11-3-1)50-34-51(37-20-18-35(19-21-37)38-22-25-55-47(31-38)44-12-4-7-15-52(44)61-55)60-58(59-50)43-29-41(39-23-26-56-48(32-39)45-13-5-8-16-53(45)62-56)28-42(30-43)40-24-27-57-49(33-40)46-14-6-9-17-54(46)63-57/h2*1-34H. The Morgan fingerprint density at radius 1 is 0.127 bits per heavy atom. The van der Waals surface area contributed by atoms with Gasteiger partial charge in [-0.15, -0.1) is 68.0 Å². The van der Waals surface area contributed by atoms with Crippen LogP contribution < -0.4 is 0 Å². The van der Waals surface area contributed by atoms with Crippen LogP contribution >= 0.6 is 68.0 Å². The molecule has 588 valence electrons. The van der Waals surface area contributed by atoms with Crippen molar-refractivity contribution in [1.29, 1.82) is 0 Å². The summed E-state index contributed by atoms with van der Waals surface area (Å²) in [6.07, 6.45) is 0. The van der Waals surface area contributed by atoms with Gasteiger partial charge < -0.3 is 0 Å². The van der Waals surface area contributed by atoms with Gasteiger partial charge in [-0.25, -0.2) is 19.9 Å². The fourth-order valence-corrected chi connectivity index (χ4v) is 25.4. The average molecular weight is 1710 g/mol. The highest BCUT2D eigenvalue weighted by Gasteiger charge is 2.23. The van der Waals surface area contributed by atoms with Gasteiger partial charge in [-0.3, -0.25) is 0 Å². The molecule has 0 saturated heterocycles. The van der Waals surface area contributed by atoms with Gasteiger partial charge in [-0.05, 0) is 188 Å². The molecule has 0 saturated carbocycles. The van der Waals surface area contributed by atoms with Gasteiger partial charge in [0.15, 0.2) is 11.6 Å². The molecule has 0 radical (unpaired) electrons. The largest absolute Gasteiger partial charge is 0.228 e. The van der Waals surface area contributed by atoms with Crippen molar-refractivity contribution in [2.24, 2.45) is 0 Å². The molecule has 0 atom stereocenters. The summed E-state index contributed by atoms with van der Waals surface area (Å²) in [5, 5.41) is 15.5. The molecule has 4 nitrogen and oxygen atoms in total. The maximum absolute atomic E-state index is 5.44. The van der Waals surface area contributed by atoms with E-state index in [0.29, 0.717) is 11.6 Å². The lowest BCUT2D eigenvalue weighted by Gasteiger charge is -2.14. The Balaban J connectivity index is 0.000000137. The number of rotatable bonds is 12. The number of hydrogen-bond acceptors (Lipinski definition) is 10. The van der Waals surface area contributed by atoms with Gasteiger partial charge >= 0.3 is 0 Å². The Bertz CT molecular complexity index is 8590. The molecule has 0 aliphatic rings. The van der Waals surface area contributed by atoms with Gasteiger partial charge in [-0.1, -0.05) is 291 Å². The Morgan fingerprint density at radius 3 is 0.722 bits per heavy atom. The zero-order chi connectivity index (χ0) is 82.9. The summed E-state index contributed by atoms with van der Waals surface area (Å²) in [5.74, 6) is 1.39. The van der Waals surface area contributed by atoms with E-state index in [2.05, 4.69) is 413 Å². The SMILES string of the molecule is c1ccc(-c2cc(-c3ccc(-c4ccc5sc6ccccc6c5c4)cc3)nc(-c3cc(-c4ccc5sc6ccccc6c5c4)cc(-c4ccc5sc6ccccc6c5c4)c3)n2)cc1.c1ccc(-c2cc(-c3ccc(-c4cccc5c4sc4ccccc45)cc3)nc(-c3cc(-c4cccc5c4sc4ccccc45)cc(-c4cccc5c4sc4ccccc45)c3)n2)cc1. The fraction of sp³-hybridized carbons (Fsp3) is 0. The quantitative estimate of drug-likeness (QED) is 0.122. The minimum absolute atomic E-state index is 0.692. The third-order valence-corrected chi connectivity index (χ3v) is 31.7. The van der Waals surface area contributed by atoms with Crippen LogP contribution in [0.15, 0.2) is 413 Å². The van der Waals surface area contributed by atoms with Crippen LogP contribution in [-0.4, -0.2) is 19.9 Å². The third kappa shape index (κ3) is 13.2. The Morgan fingerprint density at radius 2 is 0.365 bits per heavy atom. The first-order valence-corrected chi connectivity index (χ1v) is 47.1. The maximum atomic E-state index is 5.44. The van der Waals surface area contributed by atoms with Gasteiger partial charge in [0.25, 0.3) is 0 Å². The molecule has 8 heterocycles. The number of hydrogen-bond donors (Lipinski definition) is 0. The van der Waals surface area contributed by atoms with Crippen LogP contribution in [0.1, 0.15) is 0 Å². The first-order chi connectivity index (χ1) is 62.3. The molecule has 126 heavy (non-hydrogen) atoms. The van der Waals surface area contributed by atoms with Crippen molar-refractivity contribution in [2.45, 2.75) is 0 Å². The highest BCUT2D eigenvalue weighted by Crippen LogP contribution is 2.49. The van der Waals surface area contributed by atoms with E-state index < -0.39 is 0 Å². The molecule has 0 aliphatic carbocycles. The van der Waals surface area contributed by atoms with E-state index in [0.717, 1.165) is 78.4 Å². The van der Waals surface area contributed by atoms with Crippen LogP contribution in [0.5, 0.6) is 0 Å². The summed E-state index contributed by atoms with van der Waals surface area (Å²) in [4.78, 5) is 21.6. The van der Waals surface area contributed by atoms with Crippen LogP contribution in [-0.2, 0) is 0 Å². The summed E-state index contributed by atoms with van der Waals surface area (Å²) >= 11 is 11.1. The van der Waals surface area contributed by atoms with Gasteiger partial charge in [0, 0.05) is 154 Å². The molecular formula is C116H68N4S6. The number of benzene rings is 18. The molecule has 26 aromatic rings. The van der Waals surface area contributed by atoms with E-state index >= 15 is 0 Å². The van der Waals surface area contributed by atoms with Crippen molar-refractivity contribution in [3.8, 4) is 135 Å². The minimum Gasteiger partial charge on any atom is -0.228 e. The van der Waals surface area contributed by atoms with Gasteiger partial charge in [0.05, 0.1) is 22.8 Å². The van der Waals surface area contributed by atoms with Gasteiger partial charge in [0.1, 0.15) is 0 Å². The smallest absolute Gasteiger partial charge is 0.160 e. The molecule has 18 aromatic carbocycles. The maximum Gasteiger partial charge on any atom is 0.160 e. The summed E-state index contributed by atoms with van der Waals surface area (Å²) in [5.41, 5.74) is 23.8. The number of nitrogens with zero attached hydrogens (tertiary/aromatic N) is 4. The predicted octanol–water partition coefficient (Wildman–Crippen LogP) is 35.2. The molecule has 0 amide bonds. The van der Waals surface area contributed by atoms with Crippen LogP contribution in [0, 0.1) is 0 Å². The molecule has 0 unspecified atom stereocenters. The second-order valence-corrected chi connectivity index (χ2v) is 38.6. The first kappa shape index (κ1) is 74.1. The molecule has 0 N–H and O–H groups in total. The molecule has 0 bridgehead atoms. The van der Waals surface area contributed by atoms with E-state index in [1.54, 1.807) is 0 Å². The summed E-state index contributed by atoms with van der Waals surface area (Å²) in [6.45, 7) is 0. The summed E-state index contributed by atoms with van der Waals surface area (Å²) in [7, 11) is 0. The van der Waals surface area contributed by atoms with Crippen molar-refractivity contribution in [2.75, 3.05) is 0 Å². The highest BCUT2D eigenvalue weighted by atomic mass is 32.1. The zero-order valence-electron chi connectivity index (χ0n) is 67.5. The average Bonchev–Trinajstić information content (AvgIpc) is 1.58. The highest BCUT2D eigenvalue weighted by molar-refractivity contribution is 7.28. The van der Waals surface area contributed by atoms with E-state index in [4.69, 9.17) is 19.9 Å². The van der Waals surface area contributed by atoms with Crippen molar-refractivity contribution in [1.82, 2.24) is 19.9 Å². The van der Waals surface area contributed by atoms with Crippen molar-refractivity contribution >= 4 is 189 Å². The third-order valence-electron chi connectivity index (χ3n) is 24.6. The number of thiophene rings is 6. The Labute approximate surface area is 749 Å². The predicted molar refractivity (Wildman–Crippen MR) is 547 cm³/mol. The van der Waals surface area contributed by atoms with E-state index in [9.17, 15) is 0 Å². The molecule has 10 heteroatoms. The normalized spacial score (nSPS) is 11.8. The lowest BCUT2D eigenvalue weighted by Crippen LogP contribution is -1.97. The minimum atomic E-state index is 0.692. The van der Waals surface area contributed by atoms with E-state index in [1.165, 1.54) is 166 Å². The monoisotopic (exact) mass is 1710 g/mol. The summed E-state index contributed by atoms with van der Waals surface area (Å²) in [6, 6.07) is 150. The van der Waals surface area contributed by atoms with Crippen LogP contribution in [0.2, 0.25) is 0 Å². The lowest BCUT2D eigenvalue weighted by atomic mass is 9.94. The van der Waals surface area contributed by atoms with Crippen LogP contribution in [0.3, 0.4) is 0 Å². The number of fused-ring (bicyclic) bond motifs is 18. The zero-order valence-corrected chi connectivity index (χ0v) is 72.4. The molecular weight excluding hydrogens is 1640 g/mol. The summed E-state index contributed by atoms with van der Waals surface area (Å²) < 4.78 is 15.6. The van der Waals surface area contributed by atoms with Crippen molar-refractivity contribution < 1.29 is 0 Å². The lowest BCUT2D eigenvalue weighted by molar-refractivity contribution is 1.18. The Kier molecular flexibility index (Phi) is 18.1. The molecule has 8 aromatic heterocycles. The van der Waals surface area contributed by atoms with Crippen LogP contribution in [0.25, 0.3) is 256 Å².